The third-order valence-corrected chi connectivity index (χ3v) is 5.10. The number of likely N-dealkylation sites (N-methyl/N-ethyl adjacent to an activating group) is 1. The molecule has 0 saturated heterocycles. The summed E-state index contributed by atoms with van der Waals surface area (Å²) in [6.45, 7) is 0.516. The van der Waals surface area contributed by atoms with Crippen LogP contribution in [0, 0.1) is 0 Å². The number of methoxy groups -OCH3 is 1. The highest BCUT2D eigenvalue weighted by Gasteiger charge is 2.16. The van der Waals surface area contributed by atoms with Crippen molar-refractivity contribution in [1.29, 1.82) is 0 Å². The van der Waals surface area contributed by atoms with E-state index in [-0.39, 0.29) is 11.9 Å². The molecule has 7 nitrogen and oxygen atoms in total. The summed E-state index contributed by atoms with van der Waals surface area (Å²) in [5, 5.41) is 14.9. The molecule has 1 aromatic carbocycles. The first-order chi connectivity index (χ1) is 13.6. The molecular formula is C20H24N4O3S. The molecule has 0 radical (unpaired) electrons. The van der Waals surface area contributed by atoms with E-state index in [0.29, 0.717) is 31.2 Å². The topological polar surface area (TPSA) is 80.5 Å². The fraction of sp³-hybridized carbons (Fsp3) is 0.350. The summed E-state index contributed by atoms with van der Waals surface area (Å²) in [5.41, 5.74) is 2.02. The zero-order valence-electron chi connectivity index (χ0n) is 16.2. The maximum absolute atomic E-state index is 12.3. The largest absolute Gasteiger partial charge is 0.497 e. The number of aryl methyl sites for hydroxylation is 1. The van der Waals surface area contributed by atoms with E-state index in [1.807, 2.05) is 55.2 Å². The van der Waals surface area contributed by atoms with Crippen molar-refractivity contribution in [3.8, 4) is 17.2 Å². The summed E-state index contributed by atoms with van der Waals surface area (Å²) in [5.74, 6) is 1.72. The Bertz CT molecular complexity index is 875. The Morgan fingerprint density at radius 3 is 2.68 bits per heavy atom. The van der Waals surface area contributed by atoms with Gasteiger partial charge in [-0.1, -0.05) is 12.1 Å². The van der Waals surface area contributed by atoms with Crippen LogP contribution in [-0.2, 0) is 11.2 Å². The summed E-state index contributed by atoms with van der Waals surface area (Å²) < 4.78 is 10.8. The van der Waals surface area contributed by atoms with Crippen LogP contribution in [0.5, 0.6) is 5.75 Å². The lowest BCUT2D eigenvalue weighted by Crippen LogP contribution is -2.34. The number of aromatic nitrogens is 2. The van der Waals surface area contributed by atoms with Crippen LogP contribution in [0.2, 0.25) is 0 Å². The summed E-state index contributed by atoms with van der Waals surface area (Å²) in [6.07, 6.45) is 0.714. The molecule has 0 aliphatic carbocycles. The summed E-state index contributed by atoms with van der Waals surface area (Å²) in [4.78, 5) is 14.3. The number of nitrogens with one attached hydrogen (secondary N) is 1. The number of amides is 1. The maximum atomic E-state index is 12.3. The van der Waals surface area contributed by atoms with Crippen molar-refractivity contribution in [1.82, 2.24) is 20.4 Å². The van der Waals surface area contributed by atoms with Gasteiger partial charge in [0.05, 0.1) is 13.2 Å². The predicted molar refractivity (Wildman–Crippen MR) is 108 cm³/mol. The summed E-state index contributed by atoms with van der Waals surface area (Å²) >= 11 is 1.57. The Kier molecular flexibility index (Phi) is 6.78. The van der Waals surface area contributed by atoms with Gasteiger partial charge < -0.3 is 19.4 Å². The number of rotatable bonds is 9. The minimum Gasteiger partial charge on any atom is -0.497 e. The van der Waals surface area contributed by atoms with Crippen LogP contribution in [0.25, 0.3) is 11.5 Å². The molecule has 0 saturated carbocycles. The minimum absolute atomic E-state index is 0.0457. The average Bonchev–Trinajstić information content (AvgIpc) is 3.38. The molecule has 148 valence electrons. The molecule has 0 aliphatic rings. The van der Waals surface area contributed by atoms with Gasteiger partial charge in [-0.25, -0.2) is 0 Å². The number of benzene rings is 1. The fourth-order valence-corrected chi connectivity index (χ4v) is 3.43. The average molecular weight is 401 g/mol. The molecule has 28 heavy (non-hydrogen) atoms. The van der Waals surface area contributed by atoms with E-state index in [1.54, 1.807) is 18.4 Å². The van der Waals surface area contributed by atoms with Crippen LogP contribution >= 0.6 is 11.3 Å². The van der Waals surface area contributed by atoms with Gasteiger partial charge >= 0.3 is 0 Å². The lowest BCUT2D eigenvalue weighted by Gasteiger charge is -2.25. The molecule has 8 heteroatoms. The molecule has 0 spiro atoms. The number of hydrogen-bond acceptors (Lipinski definition) is 7. The van der Waals surface area contributed by atoms with Gasteiger partial charge in [0.1, 0.15) is 5.75 Å². The summed E-state index contributed by atoms with van der Waals surface area (Å²) in [7, 11) is 5.63. The molecule has 2 aromatic heterocycles. The second kappa shape index (κ2) is 9.48. The number of carbonyl (C=O) groups is 1. The second-order valence-corrected chi connectivity index (χ2v) is 7.35. The Hall–Kier alpha value is -2.71. The van der Waals surface area contributed by atoms with E-state index in [9.17, 15) is 4.79 Å². The quantitative estimate of drug-likeness (QED) is 0.594. The first-order valence-corrected chi connectivity index (χ1v) is 9.93. The predicted octanol–water partition coefficient (Wildman–Crippen LogP) is 3.16. The van der Waals surface area contributed by atoms with Crippen LogP contribution < -0.4 is 10.1 Å². The SMILES string of the molecule is COc1ccc([C@@H](CNC(=O)CCc2nnc(-c3ccsc3)o2)N(C)C)cc1. The number of ether oxygens (including phenoxy) is 1. The van der Waals surface area contributed by atoms with Gasteiger partial charge in [0.15, 0.2) is 0 Å². The highest BCUT2D eigenvalue weighted by atomic mass is 32.1. The molecule has 1 amide bonds. The van der Waals surface area contributed by atoms with Crippen LogP contribution in [0.1, 0.15) is 23.9 Å². The van der Waals surface area contributed by atoms with Gasteiger partial charge in [0, 0.05) is 30.3 Å². The Balaban J connectivity index is 1.50. The van der Waals surface area contributed by atoms with Gasteiger partial charge in [-0.15, -0.1) is 10.2 Å². The number of hydrogen-bond donors (Lipinski definition) is 1. The smallest absolute Gasteiger partial charge is 0.248 e. The lowest BCUT2D eigenvalue weighted by atomic mass is 10.1. The Labute approximate surface area is 168 Å². The van der Waals surface area contributed by atoms with Crippen molar-refractivity contribution < 1.29 is 13.9 Å². The lowest BCUT2D eigenvalue weighted by molar-refractivity contribution is -0.121. The monoisotopic (exact) mass is 400 g/mol. The highest BCUT2D eigenvalue weighted by Crippen LogP contribution is 2.22. The Morgan fingerprint density at radius 2 is 2.04 bits per heavy atom. The van der Waals surface area contributed by atoms with Crippen molar-refractivity contribution in [3.63, 3.8) is 0 Å². The summed E-state index contributed by atoms with van der Waals surface area (Å²) in [6, 6.07) is 9.88. The first-order valence-electron chi connectivity index (χ1n) is 8.99. The third kappa shape index (κ3) is 5.17. The van der Waals surface area contributed by atoms with Gasteiger partial charge in [0.2, 0.25) is 17.7 Å². The Morgan fingerprint density at radius 1 is 1.25 bits per heavy atom. The maximum Gasteiger partial charge on any atom is 0.248 e. The molecule has 2 heterocycles. The molecular weight excluding hydrogens is 376 g/mol. The molecule has 0 bridgehead atoms. The molecule has 3 aromatic rings. The number of thiophene rings is 1. The van der Waals surface area contributed by atoms with Crippen molar-refractivity contribution in [2.24, 2.45) is 0 Å². The zero-order valence-corrected chi connectivity index (χ0v) is 17.0. The van der Waals surface area contributed by atoms with Crippen LogP contribution in [0.3, 0.4) is 0 Å². The van der Waals surface area contributed by atoms with Gasteiger partial charge in [-0.3, -0.25) is 4.79 Å². The molecule has 0 unspecified atom stereocenters. The molecule has 1 N–H and O–H groups in total. The van der Waals surface area contributed by atoms with E-state index in [0.717, 1.165) is 16.9 Å². The van der Waals surface area contributed by atoms with E-state index in [4.69, 9.17) is 9.15 Å². The van der Waals surface area contributed by atoms with Crippen LogP contribution in [-0.4, -0.2) is 48.8 Å². The van der Waals surface area contributed by atoms with E-state index >= 15 is 0 Å². The standard InChI is InChI=1S/C20H24N4O3S/c1-24(2)17(14-4-6-16(26-3)7-5-14)12-21-18(25)8-9-19-22-23-20(27-19)15-10-11-28-13-15/h4-7,10-11,13,17H,8-9,12H2,1-3H3,(H,21,25)/t17-/m1/s1. The van der Waals surface area contributed by atoms with Crippen LogP contribution in [0.4, 0.5) is 0 Å². The van der Waals surface area contributed by atoms with Gasteiger partial charge in [0.25, 0.3) is 0 Å². The molecule has 0 fully saturated rings. The highest BCUT2D eigenvalue weighted by molar-refractivity contribution is 7.08. The van der Waals surface area contributed by atoms with E-state index in [2.05, 4.69) is 20.4 Å². The molecule has 0 aliphatic heterocycles. The van der Waals surface area contributed by atoms with Gasteiger partial charge in [-0.2, -0.15) is 11.3 Å². The normalized spacial score (nSPS) is 12.1. The number of carbonyl (C=O) groups excluding carboxylic acids is 1. The second-order valence-electron chi connectivity index (χ2n) is 6.57. The van der Waals surface area contributed by atoms with E-state index < -0.39 is 0 Å². The van der Waals surface area contributed by atoms with Gasteiger partial charge in [-0.05, 0) is 43.2 Å². The number of nitrogens with zero attached hydrogens (tertiary/aromatic N) is 3. The van der Waals surface area contributed by atoms with Crippen molar-refractivity contribution in [3.05, 3.63) is 52.5 Å². The molecule has 1 atom stereocenters. The van der Waals surface area contributed by atoms with E-state index in [1.165, 1.54) is 0 Å². The zero-order chi connectivity index (χ0) is 19.9. The third-order valence-electron chi connectivity index (χ3n) is 4.42. The van der Waals surface area contributed by atoms with Crippen LogP contribution in [0.15, 0.2) is 45.5 Å². The van der Waals surface area contributed by atoms with Crippen molar-refractivity contribution in [2.75, 3.05) is 27.7 Å². The van der Waals surface area contributed by atoms with Crippen molar-refractivity contribution >= 4 is 17.2 Å². The first kappa shape index (κ1) is 20.0. The fourth-order valence-electron chi connectivity index (χ4n) is 2.80. The molecule has 3 rings (SSSR count). The van der Waals surface area contributed by atoms with Crippen molar-refractivity contribution in [2.45, 2.75) is 18.9 Å². The minimum atomic E-state index is -0.0457.